The molecule has 2 aromatic rings. The molecule has 0 aliphatic heterocycles. The Labute approximate surface area is 111 Å². The van der Waals surface area contributed by atoms with Gasteiger partial charge in [-0.3, -0.25) is 4.79 Å². The van der Waals surface area contributed by atoms with E-state index in [2.05, 4.69) is 27.1 Å². The second-order valence-electron chi connectivity index (χ2n) is 3.84. The van der Waals surface area contributed by atoms with Gasteiger partial charge in [-0.2, -0.15) is 0 Å². The van der Waals surface area contributed by atoms with Crippen molar-refractivity contribution in [3.63, 3.8) is 0 Å². The molecule has 0 spiro atoms. The Morgan fingerprint density at radius 3 is 2.79 bits per heavy atom. The number of hydrogen-bond acceptors (Lipinski definition) is 3. The van der Waals surface area contributed by atoms with Crippen LogP contribution in [0.4, 0.5) is 0 Å². The summed E-state index contributed by atoms with van der Waals surface area (Å²) in [6.45, 7) is 0.750. The van der Waals surface area contributed by atoms with Gasteiger partial charge < -0.3 is 16.0 Å². The maximum absolute atomic E-state index is 11.9. The molecular weight excluding hydrogens is 240 g/mol. The van der Waals surface area contributed by atoms with E-state index in [1.165, 1.54) is 0 Å². The van der Waals surface area contributed by atoms with Crippen LogP contribution in [-0.4, -0.2) is 22.4 Å². The van der Waals surface area contributed by atoms with Crippen LogP contribution < -0.4 is 11.1 Å². The third-order valence-electron chi connectivity index (χ3n) is 2.48. The molecule has 0 atom stereocenters. The van der Waals surface area contributed by atoms with E-state index < -0.39 is 0 Å². The molecule has 0 fully saturated rings. The van der Waals surface area contributed by atoms with Gasteiger partial charge in [-0.1, -0.05) is 11.8 Å². The second-order valence-corrected chi connectivity index (χ2v) is 3.84. The van der Waals surface area contributed by atoms with Crippen molar-refractivity contribution < 1.29 is 4.79 Å². The second kappa shape index (κ2) is 6.38. The van der Waals surface area contributed by atoms with Crippen molar-refractivity contribution in [1.82, 2.24) is 15.3 Å². The van der Waals surface area contributed by atoms with Gasteiger partial charge in [0.25, 0.3) is 5.91 Å². The molecule has 0 radical (unpaired) electrons. The lowest BCUT2D eigenvalue weighted by Gasteiger charge is -2.03. The fourth-order valence-corrected chi connectivity index (χ4v) is 1.52. The highest BCUT2D eigenvalue weighted by atomic mass is 16.1. The fourth-order valence-electron chi connectivity index (χ4n) is 1.52. The van der Waals surface area contributed by atoms with E-state index in [0.29, 0.717) is 18.7 Å². The maximum Gasteiger partial charge on any atom is 0.251 e. The first-order valence-corrected chi connectivity index (χ1v) is 5.84. The van der Waals surface area contributed by atoms with Crippen LogP contribution in [0.2, 0.25) is 0 Å². The molecule has 0 saturated carbocycles. The molecule has 5 heteroatoms. The molecule has 5 nitrogen and oxygen atoms in total. The third kappa shape index (κ3) is 3.69. The highest BCUT2D eigenvalue weighted by molar-refractivity contribution is 5.94. The van der Waals surface area contributed by atoms with E-state index in [9.17, 15) is 4.79 Å². The van der Waals surface area contributed by atoms with Crippen LogP contribution in [0, 0.1) is 11.8 Å². The molecule has 4 N–H and O–H groups in total. The van der Waals surface area contributed by atoms with Gasteiger partial charge in [-0.15, -0.1) is 0 Å². The minimum atomic E-state index is -0.132. The highest BCUT2D eigenvalue weighted by Gasteiger charge is 2.04. The zero-order valence-corrected chi connectivity index (χ0v) is 10.3. The lowest BCUT2D eigenvalue weighted by Crippen LogP contribution is -2.22. The van der Waals surface area contributed by atoms with Gasteiger partial charge in [-0.25, -0.2) is 4.98 Å². The maximum atomic E-state index is 11.9. The van der Waals surface area contributed by atoms with Crippen molar-refractivity contribution in [1.29, 1.82) is 0 Å². The zero-order chi connectivity index (χ0) is 13.5. The van der Waals surface area contributed by atoms with Crippen molar-refractivity contribution >= 4 is 5.91 Å². The largest absolute Gasteiger partial charge is 0.347 e. The Morgan fingerprint density at radius 2 is 2.16 bits per heavy atom. The Bertz CT molecular complexity index is 591. The van der Waals surface area contributed by atoms with Crippen molar-refractivity contribution in [3.05, 3.63) is 53.6 Å². The van der Waals surface area contributed by atoms with E-state index in [4.69, 9.17) is 5.73 Å². The number of nitrogens with one attached hydrogen (secondary N) is 2. The normalized spacial score (nSPS) is 9.53. The van der Waals surface area contributed by atoms with E-state index in [1.54, 1.807) is 36.8 Å². The van der Waals surface area contributed by atoms with E-state index in [1.807, 2.05) is 0 Å². The number of aromatic nitrogens is 2. The SMILES string of the molecule is NCC#Cc1ccc(C(=O)NCc2cnc[nH]2)cc1. The number of imidazole rings is 1. The van der Waals surface area contributed by atoms with E-state index in [0.717, 1.165) is 11.3 Å². The van der Waals surface area contributed by atoms with Crippen molar-refractivity contribution in [2.45, 2.75) is 6.54 Å². The Morgan fingerprint density at radius 1 is 1.37 bits per heavy atom. The first kappa shape index (κ1) is 12.9. The molecule has 0 aliphatic rings. The Kier molecular flexibility index (Phi) is 4.32. The number of H-pyrrole nitrogens is 1. The van der Waals surface area contributed by atoms with Gasteiger partial charge in [0.2, 0.25) is 0 Å². The van der Waals surface area contributed by atoms with Crippen molar-refractivity contribution in [2.24, 2.45) is 5.73 Å². The molecule has 1 heterocycles. The van der Waals surface area contributed by atoms with Gasteiger partial charge >= 0.3 is 0 Å². The van der Waals surface area contributed by atoms with Crippen molar-refractivity contribution in [2.75, 3.05) is 6.54 Å². The topological polar surface area (TPSA) is 83.8 Å². The quantitative estimate of drug-likeness (QED) is 0.703. The van der Waals surface area contributed by atoms with Gasteiger partial charge in [-0.05, 0) is 24.3 Å². The molecule has 19 heavy (non-hydrogen) atoms. The van der Waals surface area contributed by atoms with Gasteiger partial charge in [0.05, 0.1) is 25.1 Å². The lowest BCUT2D eigenvalue weighted by molar-refractivity contribution is 0.0950. The standard InChI is InChI=1S/C14H14N4O/c15-7-1-2-11-3-5-12(6-4-11)14(19)17-9-13-8-16-10-18-13/h3-6,8,10H,7,9,15H2,(H,16,18)(H,17,19). The lowest BCUT2D eigenvalue weighted by atomic mass is 10.1. The number of aromatic amines is 1. The van der Waals surface area contributed by atoms with Crippen LogP contribution in [0.15, 0.2) is 36.8 Å². The fraction of sp³-hybridized carbons (Fsp3) is 0.143. The number of carbonyl (C=O) groups excluding carboxylic acids is 1. The summed E-state index contributed by atoms with van der Waals surface area (Å²) < 4.78 is 0. The smallest absolute Gasteiger partial charge is 0.251 e. The van der Waals surface area contributed by atoms with Crippen LogP contribution >= 0.6 is 0 Å². The number of nitrogens with zero attached hydrogens (tertiary/aromatic N) is 1. The minimum absolute atomic E-state index is 0.132. The molecule has 96 valence electrons. The van der Waals surface area contributed by atoms with E-state index in [-0.39, 0.29) is 5.91 Å². The molecule has 2 rings (SSSR count). The number of amides is 1. The first-order valence-electron chi connectivity index (χ1n) is 5.84. The average Bonchev–Trinajstić information content (AvgIpc) is 2.96. The Balaban J connectivity index is 1.95. The average molecular weight is 254 g/mol. The summed E-state index contributed by atoms with van der Waals surface area (Å²) in [7, 11) is 0. The molecule has 1 amide bonds. The molecule has 1 aromatic carbocycles. The number of nitrogens with two attached hydrogens (primary N) is 1. The number of carbonyl (C=O) groups is 1. The van der Waals surface area contributed by atoms with E-state index >= 15 is 0 Å². The van der Waals surface area contributed by atoms with Gasteiger partial charge in [0, 0.05) is 17.3 Å². The molecule has 1 aromatic heterocycles. The summed E-state index contributed by atoms with van der Waals surface area (Å²) in [6.07, 6.45) is 3.25. The molecule has 0 unspecified atom stereocenters. The van der Waals surface area contributed by atoms with Crippen LogP contribution in [0.1, 0.15) is 21.6 Å². The van der Waals surface area contributed by atoms with Crippen LogP contribution in [0.5, 0.6) is 0 Å². The summed E-state index contributed by atoms with van der Waals surface area (Å²) in [6, 6.07) is 7.08. The summed E-state index contributed by atoms with van der Waals surface area (Å²) in [4.78, 5) is 18.7. The van der Waals surface area contributed by atoms with Crippen LogP contribution in [0.25, 0.3) is 0 Å². The van der Waals surface area contributed by atoms with Crippen LogP contribution in [0.3, 0.4) is 0 Å². The highest BCUT2D eigenvalue weighted by Crippen LogP contribution is 2.03. The predicted octanol–water partition coefficient (Wildman–Crippen LogP) is 0.650. The van der Waals surface area contributed by atoms with Gasteiger partial charge in [0.1, 0.15) is 0 Å². The zero-order valence-electron chi connectivity index (χ0n) is 10.3. The summed E-state index contributed by atoms with van der Waals surface area (Å²) in [5.74, 6) is 5.54. The molecule has 0 aliphatic carbocycles. The summed E-state index contributed by atoms with van der Waals surface area (Å²) >= 11 is 0. The molecule has 0 saturated heterocycles. The third-order valence-corrected chi connectivity index (χ3v) is 2.48. The number of hydrogen-bond donors (Lipinski definition) is 3. The number of benzene rings is 1. The Hall–Kier alpha value is -2.58. The predicted molar refractivity (Wildman–Crippen MR) is 72.1 cm³/mol. The molecular formula is C14H14N4O. The number of rotatable bonds is 3. The summed E-state index contributed by atoms with van der Waals surface area (Å²) in [5.41, 5.74) is 7.59. The van der Waals surface area contributed by atoms with Crippen LogP contribution in [-0.2, 0) is 6.54 Å². The first-order chi connectivity index (χ1) is 9.29. The monoisotopic (exact) mass is 254 g/mol. The van der Waals surface area contributed by atoms with Crippen molar-refractivity contribution in [3.8, 4) is 11.8 Å². The summed E-state index contributed by atoms with van der Waals surface area (Å²) in [5, 5.41) is 2.80. The molecule has 0 bridgehead atoms. The minimum Gasteiger partial charge on any atom is -0.347 e. The van der Waals surface area contributed by atoms with Gasteiger partial charge in [0.15, 0.2) is 0 Å².